The number of rotatable bonds is 6. The van der Waals surface area contributed by atoms with E-state index in [1.807, 2.05) is 0 Å². The smallest absolute Gasteiger partial charge is 0.237 e. The molecule has 1 unspecified atom stereocenters. The van der Waals surface area contributed by atoms with Crippen LogP contribution >= 0.6 is 0 Å². The summed E-state index contributed by atoms with van der Waals surface area (Å²) >= 11 is 0. The van der Waals surface area contributed by atoms with Crippen LogP contribution in [0.3, 0.4) is 0 Å². The molecule has 1 N–H and O–H groups in total. The van der Waals surface area contributed by atoms with Crippen LogP contribution in [0.4, 0.5) is 0 Å². The molecule has 0 aliphatic heterocycles. The first-order valence-electron chi connectivity index (χ1n) is 8.25. The Bertz CT molecular complexity index is 428. The van der Waals surface area contributed by atoms with E-state index in [1.54, 1.807) is 19.5 Å². The fourth-order valence-electron chi connectivity index (χ4n) is 3.56. The van der Waals surface area contributed by atoms with E-state index in [2.05, 4.69) is 36.1 Å². The van der Waals surface area contributed by atoms with Gasteiger partial charge in [0.15, 0.2) is 0 Å². The van der Waals surface area contributed by atoms with Gasteiger partial charge in [-0.2, -0.15) is 0 Å². The van der Waals surface area contributed by atoms with Crippen molar-refractivity contribution in [3.05, 3.63) is 18.1 Å². The van der Waals surface area contributed by atoms with Crippen molar-refractivity contribution in [2.24, 2.45) is 17.8 Å². The van der Waals surface area contributed by atoms with Gasteiger partial charge in [-0.15, -0.1) is 0 Å². The number of aromatic nitrogens is 2. The third-order valence-electron chi connectivity index (χ3n) is 4.83. The van der Waals surface area contributed by atoms with Crippen LogP contribution in [0.15, 0.2) is 12.4 Å². The number of nitrogens with one attached hydrogen (secondary N) is 1. The van der Waals surface area contributed by atoms with E-state index < -0.39 is 0 Å². The van der Waals surface area contributed by atoms with Crippen LogP contribution in [0.2, 0.25) is 0 Å². The minimum atomic E-state index is 0.256. The van der Waals surface area contributed by atoms with Crippen LogP contribution in [0.5, 0.6) is 5.88 Å². The van der Waals surface area contributed by atoms with E-state index >= 15 is 0 Å². The average Bonchev–Trinajstić information content (AvgIpc) is 2.52. The SMILES string of the molecule is CCNC(c1nccnc1OC)C1CCC(C(C)C)CC1. The van der Waals surface area contributed by atoms with Crippen LogP contribution < -0.4 is 10.1 Å². The molecule has 118 valence electrons. The monoisotopic (exact) mass is 291 g/mol. The van der Waals surface area contributed by atoms with Gasteiger partial charge in [-0.05, 0) is 50.0 Å². The van der Waals surface area contributed by atoms with Crippen molar-refractivity contribution in [3.8, 4) is 5.88 Å². The van der Waals surface area contributed by atoms with E-state index in [9.17, 15) is 0 Å². The summed E-state index contributed by atoms with van der Waals surface area (Å²) in [6.45, 7) is 7.78. The lowest BCUT2D eigenvalue weighted by atomic mass is 9.74. The first-order chi connectivity index (χ1) is 10.2. The Morgan fingerprint density at radius 1 is 1.14 bits per heavy atom. The molecule has 1 aromatic heterocycles. The molecule has 0 spiro atoms. The maximum Gasteiger partial charge on any atom is 0.237 e. The minimum absolute atomic E-state index is 0.256. The van der Waals surface area contributed by atoms with Gasteiger partial charge in [0.05, 0.1) is 13.2 Å². The molecule has 1 aliphatic rings. The third kappa shape index (κ3) is 3.94. The van der Waals surface area contributed by atoms with Crippen LogP contribution in [0.1, 0.15) is 58.2 Å². The number of hydrogen-bond acceptors (Lipinski definition) is 4. The van der Waals surface area contributed by atoms with Crippen molar-refractivity contribution in [3.63, 3.8) is 0 Å². The average molecular weight is 291 g/mol. The molecule has 21 heavy (non-hydrogen) atoms. The minimum Gasteiger partial charge on any atom is -0.480 e. The van der Waals surface area contributed by atoms with Crippen molar-refractivity contribution in [1.82, 2.24) is 15.3 Å². The summed E-state index contributed by atoms with van der Waals surface area (Å²) in [5.74, 6) is 2.97. The third-order valence-corrected chi connectivity index (χ3v) is 4.83. The molecule has 0 aromatic carbocycles. The summed E-state index contributed by atoms with van der Waals surface area (Å²) < 4.78 is 5.41. The number of hydrogen-bond donors (Lipinski definition) is 1. The first kappa shape index (κ1) is 16.2. The van der Waals surface area contributed by atoms with E-state index in [1.165, 1.54) is 25.7 Å². The molecule has 1 aliphatic carbocycles. The van der Waals surface area contributed by atoms with Crippen molar-refractivity contribution in [1.29, 1.82) is 0 Å². The largest absolute Gasteiger partial charge is 0.480 e. The molecule has 1 saturated carbocycles. The Morgan fingerprint density at radius 2 is 1.76 bits per heavy atom. The lowest BCUT2D eigenvalue weighted by Crippen LogP contribution is -2.32. The molecule has 2 rings (SSSR count). The zero-order valence-corrected chi connectivity index (χ0v) is 13.8. The summed E-state index contributed by atoms with van der Waals surface area (Å²) in [4.78, 5) is 8.86. The normalized spacial score (nSPS) is 24.0. The highest BCUT2D eigenvalue weighted by molar-refractivity contribution is 5.22. The summed E-state index contributed by atoms with van der Waals surface area (Å²) in [5.41, 5.74) is 0.967. The van der Waals surface area contributed by atoms with Gasteiger partial charge in [-0.25, -0.2) is 4.98 Å². The van der Waals surface area contributed by atoms with Crippen molar-refractivity contribution >= 4 is 0 Å². The Labute approximate surface area is 128 Å². The van der Waals surface area contributed by atoms with Gasteiger partial charge in [0.2, 0.25) is 5.88 Å². The predicted octanol–water partition coefficient (Wildman–Crippen LogP) is 3.60. The Hall–Kier alpha value is -1.16. The molecule has 0 amide bonds. The lowest BCUT2D eigenvalue weighted by Gasteiger charge is -2.35. The summed E-state index contributed by atoms with van der Waals surface area (Å²) in [7, 11) is 1.67. The van der Waals surface area contributed by atoms with E-state index in [0.717, 1.165) is 24.1 Å². The molecule has 4 heteroatoms. The zero-order chi connectivity index (χ0) is 15.2. The summed E-state index contributed by atoms with van der Waals surface area (Å²) in [6, 6.07) is 0.256. The zero-order valence-electron chi connectivity index (χ0n) is 13.8. The van der Waals surface area contributed by atoms with Gasteiger partial charge in [0.1, 0.15) is 5.69 Å². The van der Waals surface area contributed by atoms with Crippen molar-refractivity contribution < 1.29 is 4.74 Å². The molecule has 0 radical (unpaired) electrons. The first-order valence-corrected chi connectivity index (χ1v) is 8.25. The molecule has 1 heterocycles. The Balaban J connectivity index is 2.12. The topological polar surface area (TPSA) is 47.0 Å². The van der Waals surface area contributed by atoms with Gasteiger partial charge in [-0.1, -0.05) is 20.8 Å². The number of methoxy groups -OCH3 is 1. The highest BCUT2D eigenvalue weighted by Crippen LogP contribution is 2.40. The fourth-order valence-corrected chi connectivity index (χ4v) is 3.56. The Morgan fingerprint density at radius 3 is 2.33 bits per heavy atom. The molecule has 1 atom stereocenters. The summed E-state index contributed by atoms with van der Waals surface area (Å²) in [6.07, 6.45) is 8.64. The van der Waals surface area contributed by atoms with Crippen LogP contribution in [0.25, 0.3) is 0 Å². The quantitative estimate of drug-likeness (QED) is 0.870. The van der Waals surface area contributed by atoms with Crippen LogP contribution in [-0.2, 0) is 0 Å². The summed E-state index contributed by atoms with van der Waals surface area (Å²) in [5, 5.41) is 3.60. The molecule has 1 fully saturated rings. The number of nitrogens with zero attached hydrogens (tertiary/aromatic N) is 2. The van der Waals surface area contributed by atoms with E-state index in [4.69, 9.17) is 4.74 Å². The second kappa shape index (κ2) is 7.74. The molecular formula is C17H29N3O. The van der Waals surface area contributed by atoms with Gasteiger partial charge >= 0.3 is 0 Å². The molecule has 1 aromatic rings. The molecular weight excluding hydrogens is 262 g/mol. The second-order valence-corrected chi connectivity index (χ2v) is 6.41. The van der Waals surface area contributed by atoms with E-state index in [0.29, 0.717) is 11.8 Å². The number of ether oxygens (including phenoxy) is 1. The maximum absolute atomic E-state index is 5.41. The second-order valence-electron chi connectivity index (χ2n) is 6.41. The highest BCUT2D eigenvalue weighted by Gasteiger charge is 2.31. The standard InChI is InChI=1S/C17H29N3O/c1-5-18-15(16-17(21-4)20-11-10-19-16)14-8-6-13(7-9-14)12(2)3/h10-15,18H,5-9H2,1-4H3. The maximum atomic E-state index is 5.41. The lowest BCUT2D eigenvalue weighted by molar-refractivity contribution is 0.186. The van der Waals surface area contributed by atoms with Gasteiger partial charge in [-0.3, -0.25) is 4.98 Å². The molecule has 0 bridgehead atoms. The highest BCUT2D eigenvalue weighted by atomic mass is 16.5. The van der Waals surface area contributed by atoms with Gasteiger partial charge in [0, 0.05) is 12.4 Å². The predicted molar refractivity (Wildman–Crippen MR) is 85.3 cm³/mol. The van der Waals surface area contributed by atoms with Crippen molar-refractivity contribution in [2.75, 3.05) is 13.7 Å². The molecule has 0 saturated heterocycles. The van der Waals surface area contributed by atoms with Crippen LogP contribution in [-0.4, -0.2) is 23.6 Å². The Kier molecular flexibility index (Phi) is 5.97. The van der Waals surface area contributed by atoms with Crippen molar-refractivity contribution in [2.45, 2.75) is 52.5 Å². The van der Waals surface area contributed by atoms with Gasteiger partial charge < -0.3 is 10.1 Å². The van der Waals surface area contributed by atoms with Crippen LogP contribution in [0, 0.1) is 17.8 Å². The van der Waals surface area contributed by atoms with E-state index in [-0.39, 0.29) is 6.04 Å². The molecule has 4 nitrogen and oxygen atoms in total. The van der Waals surface area contributed by atoms with Gasteiger partial charge in [0.25, 0.3) is 0 Å². The fraction of sp³-hybridized carbons (Fsp3) is 0.765.